The summed E-state index contributed by atoms with van der Waals surface area (Å²) in [6.45, 7) is 0. The monoisotopic (exact) mass is 460 g/mol. The van der Waals surface area contributed by atoms with Crippen LogP contribution in [0.5, 0.6) is 0 Å². The minimum Gasteiger partial charge on any atom is -0.355 e. The molecular weight excluding hydrogens is 444 g/mol. The number of carbonyl (C=O) groups excluding carboxylic acids is 1. The molecule has 4 rings (SSSR count). The summed E-state index contributed by atoms with van der Waals surface area (Å²) < 4.78 is 30.1. The summed E-state index contributed by atoms with van der Waals surface area (Å²) in [7, 11) is -0.253. The van der Waals surface area contributed by atoms with Gasteiger partial charge in [0.15, 0.2) is 0 Å². The van der Waals surface area contributed by atoms with E-state index in [1.807, 2.05) is 29.8 Å². The molecule has 4 aromatic rings. The zero-order chi connectivity index (χ0) is 21.5. The van der Waals surface area contributed by atoms with Crippen LogP contribution in [0.1, 0.15) is 10.4 Å². The normalized spacial score (nSPS) is 11.6. The van der Waals surface area contributed by atoms with Crippen LogP contribution in [0.2, 0.25) is 4.34 Å². The van der Waals surface area contributed by atoms with E-state index >= 15 is 0 Å². The highest BCUT2D eigenvalue weighted by molar-refractivity contribution is 7.94. The number of nitrogens with zero attached hydrogens (tertiary/aromatic N) is 2. The second-order valence-corrected chi connectivity index (χ2v) is 10.1. The zero-order valence-corrected chi connectivity index (χ0v) is 18.4. The second kappa shape index (κ2) is 7.75. The molecule has 0 bridgehead atoms. The quantitative estimate of drug-likeness (QED) is 0.468. The zero-order valence-electron chi connectivity index (χ0n) is 16.0. The standard InChI is InChI=1S/C20H17ClN4O3S2/c1-22-20(26)13-5-3-12(4-6-13)19-23-15-11-14(7-8-16(15)25(19)2)24-30(27,28)18-10-9-17(21)29-18/h3-11,24H,1-2H3,(H,22,26). The van der Waals surface area contributed by atoms with Gasteiger partial charge >= 0.3 is 0 Å². The van der Waals surface area contributed by atoms with Gasteiger partial charge in [-0.05, 0) is 42.5 Å². The molecular formula is C20H17ClN4O3S2. The van der Waals surface area contributed by atoms with Crippen molar-refractivity contribution in [1.82, 2.24) is 14.9 Å². The molecule has 0 saturated carbocycles. The van der Waals surface area contributed by atoms with Crippen molar-refractivity contribution in [3.63, 3.8) is 0 Å². The third-order valence-corrected chi connectivity index (χ3v) is 7.68. The molecule has 0 aliphatic carbocycles. The lowest BCUT2D eigenvalue weighted by molar-refractivity contribution is 0.0963. The van der Waals surface area contributed by atoms with E-state index in [2.05, 4.69) is 15.0 Å². The maximum absolute atomic E-state index is 12.5. The van der Waals surface area contributed by atoms with Crippen LogP contribution < -0.4 is 10.0 Å². The molecule has 0 saturated heterocycles. The molecule has 2 aromatic carbocycles. The number of hydrogen-bond donors (Lipinski definition) is 2. The first kappa shape index (κ1) is 20.4. The fourth-order valence-electron chi connectivity index (χ4n) is 3.08. The minimum atomic E-state index is -3.72. The third kappa shape index (κ3) is 3.79. The van der Waals surface area contributed by atoms with E-state index < -0.39 is 10.0 Å². The van der Waals surface area contributed by atoms with Gasteiger partial charge in [-0.1, -0.05) is 23.7 Å². The van der Waals surface area contributed by atoms with Gasteiger partial charge in [0.2, 0.25) is 0 Å². The van der Waals surface area contributed by atoms with Crippen LogP contribution in [-0.2, 0) is 17.1 Å². The Bertz CT molecular complexity index is 1360. The van der Waals surface area contributed by atoms with Crippen LogP contribution >= 0.6 is 22.9 Å². The van der Waals surface area contributed by atoms with Crippen molar-refractivity contribution in [3.05, 3.63) is 64.5 Å². The Kier molecular flexibility index (Phi) is 5.27. The summed E-state index contributed by atoms with van der Waals surface area (Å²) >= 11 is 6.85. The summed E-state index contributed by atoms with van der Waals surface area (Å²) in [6.07, 6.45) is 0. The number of fused-ring (bicyclic) bond motifs is 1. The van der Waals surface area contributed by atoms with E-state index in [1.165, 1.54) is 6.07 Å². The summed E-state index contributed by atoms with van der Waals surface area (Å²) in [6, 6.07) is 15.3. The molecule has 154 valence electrons. The lowest BCUT2D eigenvalue weighted by atomic mass is 10.1. The second-order valence-electron chi connectivity index (χ2n) is 6.52. The molecule has 2 heterocycles. The number of thiophene rings is 1. The molecule has 2 N–H and O–H groups in total. The number of sulfonamides is 1. The number of rotatable bonds is 5. The Balaban J connectivity index is 1.67. The number of nitrogens with one attached hydrogen (secondary N) is 2. The average molecular weight is 461 g/mol. The van der Waals surface area contributed by atoms with Gasteiger partial charge in [-0.25, -0.2) is 13.4 Å². The Hall–Kier alpha value is -2.88. The van der Waals surface area contributed by atoms with Crippen molar-refractivity contribution in [1.29, 1.82) is 0 Å². The van der Waals surface area contributed by atoms with Gasteiger partial charge in [0.05, 0.1) is 21.1 Å². The van der Waals surface area contributed by atoms with Crippen LogP contribution in [0.25, 0.3) is 22.4 Å². The fraction of sp³-hybridized carbons (Fsp3) is 0.100. The van der Waals surface area contributed by atoms with Gasteiger partial charge in [-0.2, -0.15) is 0 Å². The van der Waals surface area contributed by atoms with E-state index in [4.69, 9.17) is 11.6 Å². The molecule has 0 radical (unpaired) electrons. The fourth-order valence-corrected chi connectivity index (χ4v) is 5.62. The molecule has 7 nitrogen and oxygen atoms in total. The molecule has 10 heteroatoms. The maximum Gasteiger partial charge on any atom is 0.271 e. The van der Waals surface area contributed by atoms with Crippen molar-refractivity contribution in [2.24, 2.45) is 7.05 Å². The summed E-state index contributed by atoms with van der Waals surface area (Å²) in [5.74, 6) is 0.550. The lowest BCUT2D eigenvalue weighted by Gasteiger charge is -2.06. The van der Waals surface area contributed by atoms with E-state index in [0.29, 0.717) is 26.9 Å². The topological polar surface area (TPSA) is 93.1 Å². The van der Waals surface area contributed by atoms with Crippen molar-refractivity contribution in [2.75, 3.05) is 11.8 Å². The molecule has 1 amide bonds. The van der Waals surface area contributed by atoms with E-state index in [-0.39, 0.29) is 10.1 Å². The number of benzene rings is 2. The summed E-state index contributed by atoms with van der Waals surface area (Å²) in [5.41, 5.74) is 3.31. The number of aryl methyl sites for hydroxylation is 1. The Morgan fingerprint density at radius 2 is 1.83 bits per heavy atom. The van der Waals surface area contributed by atoms with Gasteiger partial charge in [0, 0.05) is 25.2 Å². The first-order valence-electron chi connectivity index (χ1n) is 8.85. The Morgan fingerprint density at radius 3 is 2.47 bits per heavy atom. The van der Waals surface area contributed by atoms with Crippen molar-refractivity contribution in [2.45, 2.75) is 4.21 Å². The molecule has 0 unspecified atom stereocenters. The van der Waals surface area contributed by atoms with Crippen molar-refractivity contribution in [3.8, 4) is 11.4 Å². The van der Waals surface area contributed by atoms with E-state index in [0.717, 1.165) is 22.4 Å². The van der Waals surface area contributed by atoms with Crippen molar-refractivity contribution >= 4 is 55.6 Å². The number of halogens is 1. The number of hydrogen-bond acceptors (Lipinski definition) is 5. The van der Waals surface area contributed by atoms with Crippen LogP contribution in [0.4, 0.5) is 5.69 Å². The Labute approximate surface area is 182 Å². The minimum absolute atomic E-state index is 0.144. The van der Waals surface area contributed by atoms with E-state index in [9.17, 15) is 13.2 Å². The van der Waals surface area contributed by atoms with Gasteiger partial charge in [-0.15, -0.1) is 11.3 Å². The van der Waals surface area contributed by atoms with E-state index in [1.54, 1.807) is 37.4 Å². The summed E-state index contributed by atoms with van der Waals surface area (Å²) in [5, 5.41) is 2.59. The predicted molar refractivity (Wildman–Crippen MR) is 120 cm³/mol. The summed E-state index contributed by atoms with van der Waals surface area (Å²) in [4.78, 5) is 16.4. The van der Waals surface area contributed by atoms with Crippen LogP contribution in [0.15, 0.2) is 58.8 Å². The number of imidazole rings is 1. The highest BCUT2D eigenvalue weighted by atomic mass is 35.5. The Morgan fingerprint density at radius 1 is 1.10 bits per heavy atom. The van der Waals surface area contributed by atoms with Crippen molar-refractivity contribution < 1.29 is 13.2 Å². The van der Waals surface area contributed by atoms with Gasteiger partial charge in [0.1, 0.15) is 10.0 Å². The number of amides is 1. The van der Waals surface area contributed by atoms with Gasteiger partial charge < -0.3 is 9.88 Å². The van der Waals surface area contributed by atoms with Crippen LogP contribution in [0.3, 0.4) is 0 Å². The van der Waals surface area contributed by atoms with Gasteiger partial charge in [0.25, 0.3) is 15.9 Å². The van der Waals surface area contributed by atoms with Crippen LogP contribution in [-0.4, -0.2) is 30.9 Å². The predicted octanol–water partition coefficient (Wildman–Crippen LogP) is 4.12. The molecule has 0 atom stereocenters. The van der Waals surface area contributed by atoms with Gasteiger partial charge in [-0.3, -0.25) is 9.52 Å². The third-order valence-electron chi connectivity index (χ3n) is 4.58. The highest BCUT2D eigenvalue weighted by Gasteiger charge is 2.18. The maximum atomic E-state index is 12.5. The smallest absolute Gasteiger partial charge is 0.271 e. The highest BCUT2D eigenvalue weighted by Crippen LogP contribution is 2.29. The first-order valence-corrected chi connectivity index (χ1v) is 11.5. The number of aromatic nitrogens is 2. The largest absolute Gasteiger partial charge is 0.355 e. The molecule has 0 aliphatic heterocycles. The lowest BCUT2D eigenvalue weighted by Crippen LogP contribution is -2.17. The van der Waals surface area contributed by atoms with Crippen LogP contribution in [0, 0.1) is 0 Å². The number of anilines is 1. The molecule has 0 spiro atoms. The SMILES string of the molecule is CNC(=O)c1ccc(-c2nc3cc(NS(=O)(=O)c4ccc(Cl)s4)ccc3n2C)cc1. The first-order chi connectivity index (χ1) is 14.3. The molecule has 30 heavy (non-hydrogen) atoms. The number of carbonyl (C=O) groups is 1. The molecule has 0 fully saturated rings. The molecule has 0 aliphatic rings. The molecule has 2 aromatic heterocycles. The average Bonchev–Trinajstić information content (AvgIpc) is 3.31.